The molecule has 4 nitrogen and oxygen atoms in total. The first kappa shape index (κ1) is 24.2. The van der Waals surface area contributed by atoms with Crippen molar-refractivity contribution in [2.45, 2.75) is 39.3 Å². The Bertz CT molecular complexity index is 1020. The molecule has 1 atom stereocenters. The van der Waals surface area contributed by atoms with Gasteiger partial charge in [-0.2, -0.15) is 0 Å². The second kappa shape index (κ2) is 12.0. The van der Waals surface area contributed by atoms with Crippen molar-refractivity contribution in [3.63, 3.8) is 0 Å². The summed E-state index contributed by atoms with van der Waals surface area (Å²) in [5.74, 6) is -0.912. The number of carbonyl (C=O) groups excluding carboxylic acids is 2. The van der Waals surface area contributed by atoms with E-state index in [1.807, 2.05) is 74.5 Å². The van der Waals surface area contributed by atoms with Crippen LogP contribution in [0, 0.1) is 11.7 Å². The number of carbonyl (C=O) groups is 2. The van der Waals surface area contributed by atoms with Crippen LogP contribution in [0.5, 0.6) is 0 Å². The monoisotopic (exact) mass is 446 g/mol. The van der Waals surface area contributed by atoms with Crippen LogP contribution in [-0.2, 0) is 29.0 Å². The average Bonchev–Trinajstić information content (AvgIpc) is 2.83. The molecule has 33 heavy (non-hydrogen) atoms. The Balaban J connectivity index is 1.83. The minimum absolute atomic E-state index is 0.113. The highest BCUT2D eigenvalue weighted by Crippen LogP contribution is 2.17. The highest BCUT2D eigenvalue weighted by molar-refractivity contribution is 5.88. The molecule has 0 saturated heterocycles. The van der Waals surface area contributed by atoms with Crippen molar-refractivity contribution < 1.29 is 14.0 Å². The molecule has 0 radical (unpaired) electrons. The summed E-state index contributed by atoms with van der Waals surface area (Å²) in [5, 5.41) is 3.03. The summed E-state index contributed by atoms with van der Waals surface area (Å²) in [5.41, 5.74) is 2.89. The Morgan fingerprint density at radius 1 is 0.818 bits per heavy atom. The zero-order valence-corrected chi connectivity index (χ0v) is 19.2. The molecule has 0 heterocycles. The molecule has 0 aromatic heterocycles. The van der Waals surface area contributed by atoms with Gasteiger partial charge in [0.2, 0.25) is 11.8 Å². The molecule has 1 N–H and O–H groups in total. The van der Waals surface area contributed by atoms with Gasteiger partial charge in [-0.25, -0.2) is 4.39 Å². The number of amides is 2. The molecule has 1 unspecified atom stereocenters. The molecule has 172 valence electrons. The highest BCUT2D eigenvalue weighted by atomic mass is 19.1. The average molecular weight is 447 g/mol. The van der Waals surface area contributed by atoms with Crippen LogP contribution in [0.15, 0.2) is 84.9 Å². The van der Waals surface area contributed by atoms with E-state index >= 15 is 0 Å². The fourth-order valence-electron chi connectivity index (χ4n) is 3.73. The number of hydrogen-bond donors (Lipinski definition) is 1. The van der Waals surface area contributed by atoms with E-state index in [-0.39, 0.29) is 30.1 Å². The summed E-state index contributed by atoms with van der Waals surface area (Å²) >= 11 is 0. The summed E-state index contributed by atoms with van der Waals surface area (Å²) in [6.45, 7) is 4.37. The molecule has 0 aliphatic rings. The first-order valence-electron chi connectivity index (χ1n) is 11.3. The molecular weight excluding hydrogens is 415 g/mol. The zero-order chi connectivity index (χ0) is 23.6. The van der Waals surface area contributed by atoms with Gasteiger partial charge in [0.1, 0.15) is 11.9 Å². The van der Waals surface area contributed by atoms with Crippen molar-refractivity contribution in [3.05, 3.63) is 107 Å². The number of hydrogen-bond acceptors (Lipinski definition) is 2. The topological polar surface area (TPSA) is 49.4 Å². The summed E-state index contributed by atoms with van der Waals surface area (Å²) in [7, 11) is 0. The van der Waals surface area contributed by atoms with Crippen molar-refractivity contribution >= 4 is 11.8 Å². The van der Waals surface area contributed by atoms with Crippen molar-refractivity contribution in [2.75, 3.05) is 6.54 Å². The first-order chi connectivity index (χ1) is 15.9. The van der Waals surface area contributed by atoms with Crippen LogP contribution in [0.25, 0.3) is 0 Å². The Hall–Kier alpha value is -3.47. The van der Waals surface area contributed by atoms with Gasteiger partial charge in [0.25, 0.3) is 0 Å². The van der Waals surface area contributed by atoms with Gasteiger partial charge in [0.05, 0.1) is 0 Å². The Kier molecular flexibility index (Phi) is 8.76. The zero-order valence-electron chi connectivity index (χ0n) is 19.2. The molecule has 2 amide bonds. The fraction of sp³-hybridized carbons (Fsp3) is 0.286. The lowest BCUT2D eigenvalue weighted by Crippen LogP contribution is -2.51. The smallest absolute Gasteiger partial charge is 0.243 e. The lowest BCUT2D eigenvalue weighted by molar-refractivity contribution is -0.143. The second-order valence-corrected chi connectivity index (χ2v) is 8.48. The van der Waals surface area contributed by atoms with E-state index in [2.05, 4.69) is 5.32 Å². The standard InChI is InChI=1S/C28H31FN2O2/c1-21(2)28(33)31(20-24-13-15-25(29)16-14-24)26(19-23-11-7-4-8-12-23)27(32)30-18-17-22-9-5-3-6-10-22/h3-16,21,26H,17-20H2,1-2H3,(H,30,32). The van der Waals surface area contributed by atoms with Crippen molar-refractivity contribution in [1.82, 2.24) is 10.2 Å². The van der Waals surface area contributed by atoms with Crippen LogP contribution in [-0.4, -0.2) is 29.3 Å². The van der Waals surface area contributed by atoms with Crippen molar-refractivity contribution in [1.29, 1.82) is 0 Å². The predicted octanol–water partition coefficient (Wildman–Crippen LogP) is 4.78. The Labute approximate surface area is 195 Å². The quantitative estimate of drug-likeness (QED) is 0.487. The maximum absolute atomic E-state index is 13.4. The van der Waals surface area contributed by atoms with Gasteiger partial charge in [0.15, 0.2) is 0 Å². The van der Waals surface area contributed by atoms with E-state index in [0.29, 0.717) is 19.4 Å². The van der Waals surface area contributed by atoms with Gasteiger partial charge in [-0.15, -0.1) is 0 Å². The minimum atomic E-state index is -0.678. The third-order valence-corrected chi connectivity index (χ3v) is 5.55. The van der Waals surface area contributed by atoms with Crippen molar-refractivity contribution in [3.8, 4) is 0 Å². The fourth-order valence-corrected chi connectivity index (χ4v) is 3.73. The van der Waals surface area contributed by atoms with Crippen LogP contribution < -0.4 is 5.32 Å². The second-order valence-electron chi connectivity index (χ2n) is 8.48. The number of nitrogens with zero attached hydrogens (tertiary/aromatic N) is 1. The third-order valence-electron chi connectivity index (χ3n) is 5.55. The molecule has 0 saturated carbocycles. The van der Waals surface area contributed by atoms with E-state index < -0.39 is 6.04 Å². The van der Waals surface area contributed by atoms with Crippen molar-refractivity contribution in [2.24, 2.45) is 5.92 Å². The van der Waals surface area contributed by atoms with E-state index in [1.165, 1.54) is 12.1 Å². The van der Waals surface area contributed by atoms with Gasteiger partial charge < -0.3 is 10.2 Å². The number of nitrogens with one attached hydrogen (secondary N) is 1. The molecule has 0 spiro atoms. The van der Waals surface area contributed by atoms with E-state index in [0.717, 1.165) is 16.7 Å². The molecule has 3 aromatic carbocycles. The molecule has 0 bridgehead atoms. The van der Waals surface area contributed by atoms with Gasteiger partial charge >= 0.3 is 0 Å². The summed E-state index contributed by atoms with van der Waals surface area (Å²) in [4.78, 5) is 28.2. The molecule has 0 aliphatic carbocycles. The van der Waals surface area contributed by atoms with Crippen LogP contribution in [0.2, 0.25) is 0 Å². The third kappa shape index (κ3) is 7.28. The largest absolute Gasteiger partial charge is 0.354 e. The Morgan fingerprint density at radius 3 is 1.97 bits per heavy atom. The number of rotatable bonds is 10. The first-order valence-corrected chi connectivity index (χ1v) is 11.3. The lowest BCUT2D eigenvalue weighted by Gasteiger charge is -2.33. The number of halogens is 1. The molecule has 3 rings (SSSR count). The minimum Gasteiger partial charge on any atom is -0.354 e. The predicted molar refractivity (Wildman–Crippen MR) is 129 cm³/mol. The van der Waals surface area contributed by atoms with E-state index in [1.54, 1.807) is 17.0 Å². The Morgan fingerprint density at radius 2 is 1.39 bits per heavy atom. The summed E-state index contributed by atoms with van der Waals surface area (Å²) in [6.07, 6.45) is 1.11. The van der Waals surface area contributed by atoms with E-state index in [4.69, 9.17) is 0 Å². The molecular formula is C28H31FN2O2. The summed E-state index contributed by atoms with van der Waals surface area (Å²) in [6, 6.07) is 25.0. The van der Waals surface area contributed by atoms with Crippen LogP contribution in [0.1, 0.15) is 30.5 Å². The van der Waals surface area contributed by atoms with Gasteiger partial charge in [-0.3, -0.25) is 9.59 Å². The molecule has 0 fully saturated rings. The maximum atomic E-state index is 13.4. The highest BCUT2D eigenvalue weighted by Gasteiger charge is 2.31. The molecule has 5 heteroatoms. The van der Waals surface area contributed by atoms with Gasteiger partial charge in [-0.1, -0.05) is 86.6 Å². The molecule has 3 aromatic rings. The SMILES string of the molecule is CC(C)C(=O)N(Cc1ccc(F)cc1)C(Cc1ccccc1)C(=O)NCCc1ccccc1. The maximum Gasteiger partial charge on any atom is 0.243 e. The van der Waals surface area contributed by atoms with Crippen LogP contribution in [0.3, 0.4) is 0 Å². The normalized spacial score (nSPS) is 11.8. The van der Waals surface area contributed by atoms with Gasteiger partial charge in [0, 0.05) is 25.4 Å². The van der Waals surface area contributed by atoms with E-state index in [9.17, 15) is 14.0 Å². The lowest BCUT2D eigenvalue weighted by atomic mass is 10.0. The van der Waals surface area contributed by atoms with Crippen LogP contribution >= 0.6 is 0 Å². The van der Waals surface area contributed by atoms with Crippen LogP contribution in [0.4, 0.5) is 4.39 Å². The van der Waals surface area contributed by atoms with Gasteiger partial charge in [-0.05, 0) is 35.2 Å². The molecule has 0 aliphatic heterocycles. The summed E-state index contributed by atoms with van der Waals surface area (Å²) < 4.78 is 13.4. The number of benzene rings is 3.